The number of benzene rings is 1. The lowest BCUT2D eigenvalue weighted by molar-refractivity contribution is 0.0952. The molecule has 1 saturated heterocycles. The quantitative estimate of drug-likeness (QED) is 0.734. The highest BCUT2D eigenvalue weighted by Gasteiger charge is 2.23. The van der Waals surface area contributed by atoms with Gasteiger partial charge in [-0.05, 0) is 12.1 Å². The minimum atomic E-state index is -3.09. The Morgan fingerprint density at radius 3 is 2.24 bits per heavy atom. The predicted octanol–water partition coefficient (Wildman–Crippen LogP) is 1.60. The van der Waals surface area contributed by atoms with E-state index in [1.807, 2.05) is 24.3 Å². The van der Waals surface area contributed by atoms with Crippen LogP contribution in [0.5, 0.6) is 0 Å². The van der Waals surface area contributed by atoms with Crippen molar-refractivity contribution < 1.29 is 13.2 Å². The summed E-state index contributed by atoms with van der Waals surface area (Å²) in [6.07, 6.45) is 1.69. The number of hydrogen-bond donors (Lipinski definition) is 0. The summed E-state index contributed by atoms with van der Waals surface area (Å²) >= 11 is 3.34. The van der Waals surface area contributed by atoms with Crippen LogP contribution in [0.4, 0.5) is 0 Å². The number of rotatable bonds is 5. The lowest BCUT2D eigenvalue weighted by atomic mass is 10.1. The van der Waals surface area contributed by atoms with E-state index < -0.39 is 10.0 Å². The third-order valence-electron chi connectivity index (χ3n) is 3.62. The van der Waals surface area contributed by atoms with Crippen molar-refractivity contribution in [1.82, 2.24) is 9.21 Å². The Morgan fingerprint density at radius 2 is 1.71 bits per heavy atom. The molecule has 0 atom stereocenters. The molecule has 1 fully saturated rings. The van der Waals surface area contributed by atoms with Gasteiger partial charge in [0.25, 0.3) is 0 Å². The third-order valence-corrected chi connectivity index (χ3v) is 5.45. The molecular weight excluding hydrogens is 356 g/mol. The maximum absolute atomic E-state index is 12.1. The van der Waals surface area contributed by atoms with Gasteiger partial charge in [0.1, 0.15) is 0 Å². The molecule has 0 aliphatic carbocycles. The number of hydrogen-bond acceptors (Lipinski definition) is 4. The van der Waals surface area contributed by atoms with Crippen LogP contribution in [0.3, 0.4) is 0 Å². The summed E-state index contributed by atoms with van der Waals surface area (Å²) < 4.78 is 25.3. The van der Waals surface area contributed by atoms with Gasteiger partial charge in [0.15, 0.2) is 5.78 Å². The number of halogens is 1. The predicted molar refractivity (Wildman–Crippen MR) is 85.9 cm³/mol. The lowest BCUT2D eigenvalue weighted by Crippen LogP contribution is -2.48. The van der Waals surface area contributed by atoms with Gasteiger partial charge in [-0.2, -0.15) is 4.31 Å². The van der Waals surface area contributed by atoms with E-state index in [-0.39, 0.29) is 5.78 Å². The second-order valence-corrected chi connectivity index (χ2v) is 8.08. The van der Waals surface area contributed by atoms with Gasteiger partial charge in [-0.3, -0.25) is 4.79 Å². The van der Waals surface area contributed by atoms with Crippen LogP contribution >= 0.6 is 15.9 Å². The normalized spacial score (nSPS) is 17.8. The summed E-state index contributed by atoms with van der Waals surface area (Å²) in [6.45, 7) is 3.05. The first kappa shape index (κ1) is 16.6. The zero-order valence-corrected chi connectivity index (χ0v) is 14.4. The Labute approximate surface area is 134 Å². The number of carbonyl (C=O) groups is 1. The van der Waals surface area contributed by atoms with Crippen LogP contribution in [0, 0.1) is 0 Å². The minimum Gasteiger partial charge on any atom is -0.300 e. The number of nitrogens with zero attached hydrogens (tertiary/aromatic N) is 2. The molecule has 0 spiro atoms. The molecule has 2 rings (SSSR count). The Hall–Kier alpha value is -0.760. The summed E-state index contributed by atoms with van der Waals surface area (Å²) in [5.41, 5.74) is 0.716. The molecule has 7 heteroatoms. The van der Waals surface area contributed by atoms with Crippen LogP contribution in [-0.4, -0.2) is 62.4 Å². The molecule has 0 radical (unpaired) electrons. The van der Waals surface area contributed by atoms with E-state index in [1.165, 1.54) is 10.6 Å². The number of ketones is 1. The van der Waals surface area contributed by atoms with E-state index in [1.54, 1.807) is 0 Å². The molecule has 5 nitrogen and oxygen atoms in total. The van der Waals surface area contributed by atoms with Crippen LogP contribution in [0.2, 0.25) is 0 Å². The molecule has 1 aliphatic rings. The molecule has 0 bridgehead atoms. The van der Waals surface area contributed by atoms with Crippen molar-refractivity contribution in [3.05, 3.63) is 34.3 Å². The van der Waals surface area contributed by atoms with Crippen molar-refractivity contribution in [2.24, 2.45) is 0 Å². The average Bonchev–Trinajstić information content (AvgIpc) is 2.45. The van der Waals surface area contributed by atoms with E-state index in [9.17, 15) is 13.2 Å². The maximum Gasteiger partial charge on any atom is 0.211 e. The highest BCUT2D eigenvalue weighted by atomic mass is 79.9. The van der Waals surface area contributed by atoms with Gasteiger partial charge >= 0.3 is 0 Å². The van der Waals surface area contributed by atoms with Gasteiger partial charge < -0.3 is 4.90 Å². The Bertz CT molecular complexity index is 593. The van der Waals surface area contributed by atoms with Crippen LogP contribution in [-0.2, 0) is 10.0 Å². The fourth-order valence-corrected chi connectivity index (χ4v) is 3.42. The van der Waals surface area contributed by atoms with Crippen molar-refractivity contribution in [1.29, 1.82) is 0 Å². The number of carbonyl (C=O) groups excluding carboxylic acids is 1. The molecule has 1 aromatic carbocycles. The number of piperazine rings is 1. The Morgan fingerprint density at radius 1 is 1.14 bits per heavy atom. The molecule has 116 valence electrons. The smallest absolute Gasteiger partial charge is 0.211 e. The standard InChI is InChI=1S/C14H19BrN2O3S/c1-21(19,20)17-10-8-16(9-11-17)7-6-14(18)12-2-4-13(15)5-3-12/h2-5H,6-11H2,1H3. The number of sulfonamides is 1. The highest BCUT2D eigenvalue weighted by Crippen LogP contribution is 2.13. The minimum absolute atomic E-state index is 0.119. The van der Waals surface area contributed by atoms with Gasteiger partial charge in [0.2, 0.25) is 10.0 Å². The first-order chi connectivity index (χ1) is 9.86. The van der Waals surface area contributed by atoms with Gasteiger partial charge in [-0.1, -0.05) is 28.1 Å². The van der Waals surface area contributed by atoms with E-state index in [2.05, 4.69) is 20.8 Å². The van der Waals surface area contributed by atoms with Crippen molar-refractivity contribution in [3.8, 4) is 0 Å². The molecule has 0 unspecified atom stereocenters. The summed E-state index contributed by atoms with van der Waals surface area (Å²) in [4.78, 5) is 14.2. The van der Waals surface area contributed by atoms with Crippen LogP contribution in [0.15, 0.2) is 28.7 Å². The molecule has 0 saturated carbocycles. The van der Waals surface area contributed by atoms with E-state index in [0.717, 1.165) is 4.47 Å². The van der Waals surface area contributed by atoms with Gasteiger partial charge in [0.05, 0.1) is 6.26 Å². The first-order valence-electron chi connectivity index (χ1n) is 6.82. The fraction of sp³-hybridized carbons (Fsp3) is 0.500. The first-order valence-corrected chi connectivity index (χ1v) is 9.46. The molecule has 0 N–H and O–H groups in total. The van der Waals surface area contributed by atoms with E-state index in [0.29, 0.717) is 44.7 Å². The van der Waals surface area contributed by atoms with E-state index in [4.69, 9.17) is 0 Å². The summed E-state index contributed by atoms with van der Waals surface area (Å²) in [6, 6.07) is 7.35. The van der Waals surface area contributed by atoms with Gasteiger partial charge in [-0.25, -0.2) is 8.42 Å². The molecule has 1 heterocycles. The van der Waals surface area contributed by atoms with Crippen molar-refractivity contribution in [2.75, 3.05) is 39.0 Å². The topological polar surface area (TPSA) is 57.7 Å². The second kappa shape index (κ2) is 7.00. The third kappa shape index (κ3) is 4.88. The number of Topliss-reactive ketones (excluding diaryl/α,β-unsaturated/α-hetero) is 1. The maximum atomic E-state index is 12.1. The largest absolute Gasteiger partial charge is 0.300 e. The molecule has 0 amide bonds. The summed E-state index contributed by atoms with van der Waals surface area (Å²) in [5.74, 6) is 0.119. The lowest BCUT2D eigenvalue weighted by Gasteiger charge is -2.33. The average molecular weight is 375 g/mol. The molecule has 1 aromatic rings. The zero-order chi connectivity index (χ0) is 15.5. The van der Waals surface area contributed by atoms with E-state index >= 15 is 0 Å². The van der Waals surface area contributed by atoms with Crippen LogP contribution in [0.25, 0.3) is 0 Å². The summed E-state index contributed by atoms with van der Waals surface area (Å²) in [5, 5.41) is 0. The summed E-state index contributed by atoms with van der Waals surface area (Å²) in [7, 11) is -3.09. The molecular formula is C14H19BrN2O3S. The SMILES string of the molecule is CS(=O)(=O)N1CCN(CCC(=O)c2ccc(Br)cc2)CC1. The van der Waals surface area contributed by atoms with Crippen LogP contribution < -0.4 is 0 Å². The Kier molecular flexibility index (Phi) is 5.54. The van der Waals surface area contributed by atoms with Gasteiger partial charge in [-0.15, -0.1) is 0 Å². The monoisotopic (exact) mass is 374 g/mol. The zero-order valence-electron chi connectivity index (χ0n) is 12.0. The van der Waals surface area contributed by atoms with Crippen molar-refractivity contribution in [2.45, 2.75) is 6.42 Å². The van der Waals surface area contributed by atoms with Gasteiger partial charge in [0, 0.05) is 49.2 Å². The Balaban J connectivity index is 1.79. The highest BCUT2D eigenvalue weighted by molar-refractivity contribution is 9.10. The molecule has 1 aliphatic heterocycles. The molecule has 21 heavy (non-hydrogen) atoms. The van der Waals surface area contributed by atoms with Crippen molar-refractivity contribution >= 4 is 31.7 Å². The second-order valence-electron chi connectivity index (χ2n) is 5.18. The molecule has 0 aromatic heterocycles. The van der Waals surface area contributed by atoms with Crippen molar-refractivity contribution in [3.63, 3.8) is 0 Å². The fourth-order valence-electron chi connectivity index (χ4n) is 2.32. The van der Waals surface area contributed by atoms with Crippen LogP contribution in [0.1, 0.15) is 16.8 Å².